The van der Waals surface area contributed by atoms with E-state index in [1.807, 2.05) is 0 Å². The van der Waals surface area contributed by atoms with E-state index in [2.05, 4.69) is 33.8 Å². The Morgan fingerprint density at radius 1 is 1.25 bits per heavy atom. The van der Waals surface area contributed by atoms with Crippen LogP contribution in [0.4, 0.5) is 0 Å². The van der Waals surface area contributed by atoms with Crippen LogP contribution in [0, 0.1) is 17.8 Å². The van der Waals surface area contributed by atoms with Crippen LogP contribution >= 0.6 is 0 Å². The summed E-state index contributed by atoms with van der Waals surface area (Å²) in [4.78, 5) is 0. The Labute approximate surface area is 99.0 Å². The highest BCUT2D eigenvalue weighted by molar-refractivity contribution is 5.08. The second-order valence-corrected chi connectivity index (χ2v) is 5.61. The Balaban J connectivity index is 2.07. The summed E-state index contributed by atoms with van der Waals surface area (Å²) < 4.78 is 11.8. The van der Waals surface area contributed by atoms with Crippen molar-refractivity contribution in [2.24, 2.45) is 17.8 Å². The molecular formula is C14H24O2. The third-order valence-corrected chi connectivity index (χ3v) is 3.94. The van der Waals surface area contributed by atoms with E-state index in [9.17, 15) is 0 Å². The first kappa shape index (κ1) is 12.1. The van der Waals surface area contributed by atoms with Gasteiger partial charge in [0, 0.05) is 5.92 Å². The zero-order valence-electron chi connectivity index (χ0n) is 10.9. The molecule has 0 radical (unpaired) electrons. The second kappa shape index (κ2) is 4.89. The molecule has 16 heavy (non-hydrogen) atoms. The molecule has 0 saturated carbocycles. The van der Waals surface area contributed by atoms with Crippen molar-refractivity contribution < 1.29 is 9.47 Å². The molecule has 92 valence electrons. The van der Waals surface area contributed by atoms with Gasteiger partial charge in [-0.05, 0) is 38.5 Å². The fourth-order valence-corrected chi connectivity index (χ4v) is 3.19. The summed E-state index contributed by atoms with van der Waals surface area (Å²) in [5.41, 5.74) is 1.51. The average molecular weight is 224 g/mol. The standard InChI is InChI=1S/C14H24O2/c1-9-7-10(2)13(11(3)8-9)14-15-6-5-12(4)16-14/h7,10-14H,5-6,8H2,1-4H3/t10-,11+,12+,13-,14-/m0/s1. The first-order valence-corrected chi connectivity index (χ1v) is 6.52. The van der Waals surface area contributed by atoms with Crippen LogP contribution in [0.25, 0.3) is 0 Å². The first-order chi connectivity index (χ1) is 7.58. The largest absolute Gasteiger partial charge is 0.352 e. The van der Waals surface area contributed by atoms with E-state index in [-0.39, 0.29) is 6.29 Å². The van der Waals surface area contributed by atoms with E-state index in [1.165, 1.54) is 12.0 Å². The van der Waals surface area contributed by atoms with E-state index in [0.717, 1.165) is 13.0 Å². The quantitative estimate of drug-likeness (QED) is 0.636. The van der Waals surface area contributed by atoms with Crippen molar-refractivity contribution in [3.05, 3.63) is 11.6 Å². The third kappa shape index (κ3) is 2.49. The molecule has 0 spiro atoms. The van der Waals surface area contributed by atoms with Crippen LogP contribution in [0.3, 0.4) is 0 Å². The van der Waals surface area contributed by atoms with Gasteiger partial charge in [0.15, 0.2) is 6.29 Å². The van der Waals surface area contributed by atoms with Crippen molar-refractivity contribution in [2.75, 3.05) is 6.61 Å². The van der Waals surface area contributed by atoms with Gasteiger partial charge in [0.25, 0.3) is 0 Å². The van der Waals surface area contributed by atoms with Crippen molar-refractivity contribution >= 4 is 0 Å². The van der Waals surface area contributed by atoms with Crippen LogP contribution < -0.4 is 0 Å². The minimum absolute atomic E-state index is 0.0121. The molecule has 2 aliphatic rings. The maximum Gasteiger partial charge on any atom is 0.161 e. The molecule has 5 atom stereocenters. The number of rotatable bonds is 1. The molecule has 0 unspecified atom stereocenters. The van der Waals surface area contributed by atoms with E-state index < -0.39 is 0 Å². The van der Waals surface area contributed by atoms with Gasteiger partial charge in [-0.25, -0.2) is 0 Å². The smallest absolute Gasteiger partial charge is 0.161 e. The summed E-state index contributed by atoms with van der Waals surface area (Å²) in [5.74, 6) is 1.75. The van der Waals surface area contributed by atoms with Crippen molar-refractivity contribution in [3.8, 4) is 0 Å². The molecule has 1 aliphatic carbocycles. The highest BCUT2D eigenvalue weighted by atomic mass is 16.7. The van der Waals surface area contributed by atoms with Crippen molar-refractivity contribution in [3.63, 3.8) is 0 Å². The number of hydrogen-bond acceptors (Lipinski definition) is 2. The molecule has 0 amide bonds. The van der Waals surface area contributed by atoms with Gasteiger partial charge in [-0.3, -0.25) is 0 Å². The highest BCUT2D eigenvalue weighted by Crippen LogP contribution is 2.38. The van der Waals surface area contributed by atoms with Gasteiger partial charge in [-0.1, -0.05) is 25.5 Å². The number of allylic oxidation sites excluding steroid dienone is 2. The SMILES string of the molecule is CC1=C[C@H](C)[C@H]([C@H]2OCC[C@@H](C)O2)[C@H](C)C1. The van der Waals surface area contributed by atoms with Gasteiger partial charge in [0.2, 0.25) is 0 Å². The van der Waals surface area contributed by atoms with Crippen LogP contribution in [0.15, 0.2) is 11.6 Å². The molecule has 1 saturated heterocycles. The Morgan fingerprint density at radius 3 is 2.62 bits per heavy atom. The van der Waals surface area contributed by atoms with Crippen LogP contribution in [-0.2, 0) is 9.47 Å². The molecule has 1 fully saturated rings. The maximum absolute atomic E-state index is 5.95. The minimum atomic E-state index is 0.0121. The molecule has 0 aromatic carbocycles. The van der Waals surface area contributed by atoms with Gasteiger partial charge >= 0.3 is 0 Å². The lowest BCUT2D eigenvalue weighted by Crippen LogP contribution is -2.42. The molecule has 0 N–H and O–H groups in total. The molecular weight excluding hydrogens is 200 g/mol. The molecule has 2 rings (SSSR count). The highest BCUT2D eigenvalue weighted by Gasteiger charge is 2.37. The first-order valence-electron chi connectivity index (χ1n) is 6.52. The molecule has 0 aromatic rings. The van der Waals surface area contributed by atoms with Crippen LogP contribution in [0.1, 0.15) is 40.5 Å². The van der Waals surface area contributed by atoms with Gasteiger partial charge in [-0.2, -0.15) is 0 Å². The normalized spacial score (nSPS) is 45.2. The van der Waals surface area contributed by atoms with Crippen molar-refractivity contribution in [2.45, 2.75) is 52.9 Å². The monoisotopic (exact) mass is 224 g/mol. The zero-order chi connectivity index (χ0) is 11.7. The lowest BCUT2D eigenvalue weighted by molar-refractivity contribution is -0.243. The fourth-order valence-electron chi connectivity index (χ4n) is 3.19. The summed E-state index contributed by atoms with van der Waals surface area (Å²) in [6.45, 7) is 9.84. The van der Waals surface area contributed by atoms with Crippen molar-refractivity contribution in [1.82, 2.24) is 0 Å². The Bertz CT molecular complexity index is 272. The van der Waals surface area contributed by atoms with Crippen LogP contribution in [0.5, 0.6) is 0 Å². The molecule has 1 aliphatic heterocycles. The summed E-state index contributed by atoms with van der Waals surface area (Å²) in [6, 6.07) is 0. The van der Waals surface area contributed by atoms with E-state index in [4.69, 9.17) is 9.47 Å². The molecule has 2 heteroatoms. The predicted molar refractivity (Wildman–Crippen MR) is 65.1 cm³/mol. The summed E-state index contributed by atoms with van der Waals surface area (Å²) >= 11 is 0. The van der Waals surface area contributed by atoms with Gasteiger partial charge in [-0.15, -0.1) is 0 Å². The van der Waals surface area contributed by atoms with Crippen LogP contribution in [-0.4, -0.2) is 19.0 Å². The summed E-state index contributed by atoms with van der Waals surface area (Å²) in [5, 5.41) is 0. The summed E-state index contributed by atoms with van der Waals surface area (Å²) in [7, 11) is 0. The Kier molecular flexibility index (Phi) is 3.70. The Morgan fingerprint density at radius 2 is 2.00 bits per heavy atom. The molecule has 0 bridgehead atoms. The predicted octanol–water partition coefficient (Wildman–Crippen LogP) is 3.38. The second-order valence-electron chi connectivity index (χ2n) is 5.61. The van der Waals surface area contributed by atoms with Gasteiger partial charge in [0.05, 0.1) is 12.7 Å². The summed E-state index contributed by atoms with van der Waals surface area (Å²) in [6.07, 6.45) is 4.97. The van der Waals surface area contributed by atoms with Crippen molar-refractivity contribution in [1.29, 1.82) is 0 Å². The third-order valence-electron chi connectivity index (χ3n) is 3.94. The van der Waals surface area contributed by atoms with Gasteiger partial charge in [0.1, 0.15) is 0 Å². The maximum atomic E-state index is 5.95. The lowest BCUT2D eigenvalue weighted by Gasteiger charge is -2.41. The minimum Gasteiger partial charge on any atom is -0.352 e. The average Bonchev–Trinajstić information content (AvgIpc) is 2.15. The molecule has 2 nitrogen and oxygen atoms in total. The molecule has 0 aromatic heterocycles. The molecule has 1 heterocycles. The zero-order valence-corrected chi connectivity index (χ0v) is 10.9. The number of ether oxygens (including phenoxy) is 2. The topological polar surface area (TPSA) is 18.5 Å². The Hall–Kier alpha value is -0.340. The van der Waals surface area contributed by atoms with Gasteiger partial charge < -0.3 is 9.47 Å². The fraction of sp³-hybridized carbons (Fsp3) is 0.857. The van der Waals surface area contributed by atoms with E-state index in [0.29, 0.717) is 23.9 Å². The van der Waals surface area contributed by atoms with Crippen LogP contribution in [0.2, 0.25) is 0 Å². The van der Waals surface area contributed by atoms with E-state index in [1.54, 1.807) is 0 Å². The number of hydrogen-bond donors (Lipinski definition) is 0. The lowest BCUT2D eigenvalue weighted by atomic mass is 9.74. The van der Waals surface area contributed by atoms with E-state index >= 15 is 0 Å².